The van der Waals surface area contributed by atoms with Crippen molar-refractivity contribution in [2.24, 2.45) is 0 Å². The molecule has 1 aromatic carbocycles. The summed E-state index contributed by atoms with van der Waals surface area (Å²) in [7, 11) is 1.28. The third kappa shape index (κ3) is 6.47. The molecule has 1 heterocycles. The third-order valence-electron chi connectivity index (χ3n) is 3.14. The van der Waals surface area contributed by atoms with Crippen molar-refractivity contribution in [3.05, 3.63) is 40.1 Å². The minimum atomic E-state index is -0.697. The zero-order valence-electron chi connectivity index (χ0n) is 12.6. The molecule has 1 aliphatic heterocycles. The first kappa shape index (κ1) is 19.9. The highest BCUT2D eigenvalue weighted by Gasteiger charge is 2.16. The van der Waals surface area contributed by atoms with E-state index in [0.717, 1.165) is 13.0 Å². The van der Waals surface area contributed by atoms with Crippen molar-refractivity contribution in [1.82, 2.24) is 4.90 Å². The van der Waals surface area contributed by atoms with Crippen molar-refractivity contribution in [1.29, 1.82) is 0 Å². The quantitative estimate of drug-likeness (QED) is 0.715. The van der Waals surface area contributed by atoms with Crippen LogP contribution < -0.4 is 4.74 Å². The number of carbonyl (C=O) groups is 1. The fourth-order valence-electron chi connectivity index (χ4n) is 2.06. The van der Waals surface area contributed by atoms with Gasteiger partial charge in [0, 0.05) is 18.1 Å². The van der Waals surface area contributed by atoms with Gasteiger partial charge in [0.15, 0.2) is 0 Å². The highest BCUT2D eigenvalue weighted by Crippen LogP contribution is 2.27. The van der Waals surface area contributed by atoms with E-state index in [1.807, 2.05) is 6.08 Å². The van der Waals surface area contributed by atoms with Crippen molar-refractivity contribution in [3.8, 4) is 5.75 Å². The van der Waals surface area contributed by atoms with Gasteiger partial charge < -0.3 is 14.2 Å². The van der Waals surface area contributed by atoms with Gasteiger partial charge >= 0.3 is 6.16 Å². The second-order valence-corrected chi connectivity index (χ2v) is 5.56. The Kier molecular flexibility index (Phi) is 8.55. The number of ether oxygens (including phenoxy) is 3. The van der Waals surface area contributed by atoms with E-state index in [0.29, 0.717) is 41.3 Å². The molecule has 0 aromatic heterocycles. The van der Waals surface area contributed by atoms with E-state index >= 15 is 0 Å². The van der Waals surface area contributed by atoms with Gasteiger partial charge in [0.1, 0.15) is 18.1 Å². The maximum absolute atomic E-state index is 11.1. The molecule has 0 radical (unpaired) electrons. The molecule has 0 spiro atoms. The maximum Gasteiger partial charge on any atom is 0.513 e. The van der Waals surface area contributed by atoms with Crippen molar-refractivity contribution < 1.29 is 19.0 Å². The zero-order chi connectivity index (χ0) is 15.9. The standard InChI is InChI=1S/C15H17Cl2NO4.ClH/c1-20-15(19)22-12-3-2-6-18(10-12)7-8-21-14-5-4-11(16)9-13(14)17;/h3-5,9H,2,6-8,10H2,1H3;1H. The maximum atomic E-state index is 11.1. The fourth-order valence-corrected chi connectivity index (χ4v) is 2.53. The average molecular weight is 383 g/mol. The van der Waals surface area contributed by atoms with Crippen LogP contribution in [0.15, 0.2) is 30.0 Å². The van der Waals surface area contributed by atoms with Gasteiger partial charge in [-0.2, -0.15) is 0 Å². The van der Waals surface area contributed by atoms with Gasteiger partial charge in [-0.25, -0.2) is 4.79 Å². The largest absolute Gasteiger partial charge is 0.513 e. The molecule has 5 nitrogen and oxygen atoms in total. The van der Waals surface area contributed by atoms with E-state index in [1.54, 1.807) is 18.2 Å². The summed E-state index contributed by atoms with van der Waals surface area (Å²) in [5.41, 5.74) is 0. The first-order valence-corrected chi connectivity index (χ1v) is 7.59. The molecular formula is C15H18Cl3NO4. The molecule has 0 N–H and O–H groups in total. The molecule has 1 aliphatic rings. The molecule has 8 heteroatoms. The highest BCUT2D eigenvalue weighted by atomic mass is 35.5. The Morgan fingerprint density at radius 2 is 2.13 bits per heavy atom. The molecule has 0 bridgehead atoms. The minimum Gasteiger partial charge on any atom is -0.491 e. The number of halogens is 3. The van der Waals surface area contributed by atoms with Crippen LogP contribution in [0, 0.1) is 0 Å². The first-order chi connectivity index (χ1) is 10.6. The Balaban J connectivity index is 0.00000264. The van der Waals surface area contributed by atoms with E-state index in [2.05, 4.69) is 9.64 Å². The summed E-state index contributed by atoms with van der Waals surface area (Å²) in [5, 5.41) is 1.06. The monoisotopic (exact) mass is 381 g/mol. The number of benzene rings is 1. The fraction of sp³-hybridized carbons (Fsp3) is 0.400. The molecule has 0 unspecified atom stereocenters. The van der Waals surface area contributed by atoms with Gasteiger partial charge in [-0.1, -0.05) is 23.2 Å². The lowest BCUT2D eigenvalue weighted by Gasteiger charge is -2.26. The molecule has 0 fully saturated rings. The topological polar surface area (TPSA) is 48.0 Å². The Bertz CT molecular complexity index is 566. The molecule has 0 saturated heterocycles. The minimum absolute atomic E-state index is 0. The van der Waals surface area contributed by atoms with Crippen LogP contribution >= 0.6 is 35.6 Å². The van der Waals surface area contributed by atoms with Crippen LogP contribution in [0.1, 0.15) is 6.42 Å². The molecule has 0 saturated carbocycles. The summed E-state index contributed by atoms with van der Waals surface area (Å²) in [6.07, 6.45) is 2.01. The van der Waals surface area contributed by atoms with Gasteiger partial charge in [0.2, 0.25) is 0 Å². The average Bonchev–Trinajstić information content (AvgIpc) is 2.50. The second kappa shape index (κ2) is 9.88. The van der Waals surface area contributed by atoms with Crippen LogP contribution in [0.3, 0.4) is 0 Å². The predicted octanol–water partition coefficient (Wildman–Crippen LogP) is 4.17. The lowest BCUT2D eigenvalue weighted by atomic mass is 10.2. The number of rotatable bonds is 5. The molecule has 128 valence electrons. The van der Waals surface area contributed by atoms with Crippen molar-refractivity contribution in [3.63, 3.8) is 0 Å². The van der Waals surface area contributed by atoms with Crippen molar-refractivity contribution >= 4 is 41.8 Å². The van der Waals surface area contributed by atoms with E-state index in [1.165, 1.54) is 7.11 Å². The summed E-state index contributed by atoms with van der Waals surface area (Å²) in [6.45, 7) is 2.60. The smallest absolute Gasteiger partial charge is 0.491 e. The summed E-state index contributed by atoms with van der Waals surface area (Å²) >= 11 is 11.9. The summed E-state index contributed by atoms with van der Waals surface area (Å²) in [6, 6.07) is 5.12. The first-order valence-electron chi connectivity index (χ1n) is 6.83. The Labute approximate surface area is 151 Å². The van der Waals surface area contributed by atoms with E-state index in [4.69, 9.17) is 32.7 Å². The molecule has 0 atom stereocenters. The van der Waals surface area contributed by atoms with Gasteiger partial charge in [-0.15, -0.1) is 12.4 Å². The molecule has 0 amide bonds. The number of carbonyl (C=O) groups excluding carboxylic acids is 1. The van der Waals surface area contributed by atoms with Crippen molar-refractivity contribution in [2.75, 3.05) is 33.4 Å². The lowest BCUT2D eigenvalue weighted by molar-refractivity contribution is 0.0859. The van der Waals surface area contributed by atoms with Crippen LogP contribution in [0.5, 0.6) is 5.75 Å². The number of hydrogen-bond donors (Lipinski definition) is 0. The number of hydrogen-bond acceptors (Lipinski definition) is 5. The van der Waals surface area contributed by atoms with Gasteiger partial charge in [0.25, 0.3) is 0 Å². The van der Waals surface area contributed by atoms with E-state index in [9.17, 15) is 4.79 Å². The molecular weight excluding hydrogens is 365 g/mol. The SMILES string of the molecule is COC(=O)OC1=CCCN(CCOc2ccc(Cl)cc2Cl)C1.Cl. The van der Waals surface area contributed by atoms with Crippen LogP contribution in [0.25, 0.3) is 0 Å². The molecule has 0 aliphatic carbocycles. The van der Waals surface area contributed by atoms with Gasteiger partial charge in [-0.3, -0.25) is 4.90 Å². The Hall–Kier alpha value is -1.14. The number of methoxy groups -OCH3 is 1. The predicted molar refractivity (Wildman–Crippen MR) is 91.8 cm³/mol. The summed E-state index contributed by atoms with van der Waals surface area (Å²) in [5.74, 6) is 1.20. The molecule has 1 aromatic rings. The van der Waals surface area contributed by atoms with Crippen LogP contribution in [0.2, 0.25) is 10.0 Å². The molecule has 23 heavy (non-hydrogen) atoms. The highest BCUT2D eigenvalue weighted by molar-refractivity contribution is 6.35. The summed E-state index contributed by atoms with van der Waals surface area (Å²) < 4.78 is 15.2. The van der Waals surface area contributed by atoms with Gasteiger partial charge in [0.05, 0.1) is 18.7 Å². The Morgan fingerprint density at radius 3 is 2.83 bits per heavy atom. The number of nitrogens with zero attached hydrogens (tertiary/aromatic N) is 1. The Morgan fingerprint density at radius 1 is 1.35 bits per heavy atom. The van der Waals surface area contributed by atoms with Crippen LogP contribution in [-0.2, 0) is 9.47 Å². The van der Waals surface area contributed by atoms with Crippen molar-refractivity contribution in [2.45, 2.75) is 6.42 Å². The van der Waals surface area contributed by atoms with E-state index in [-0.39, 0.29) is 12.4 Å². The molecule has 2 rings (SSSR count). The zero-order valence-corrected chi connectivity index (χ0v) is 14.9. The second-order valence-electron chi connectivity index (χ2n) is 4.71. The van der Waals surface area contributed by atoms with E-state index < -0.39 is 6.16 Å². The van der Waals surface area contributed by atoms with Crippen LogP contribution in [0.4, 0.5) is 4.79 Å². The van der Waals surface area contributed by atoms with Gasteiger partial charge in [-0.05, 0) is 30.7 Å². The third-order valence-corrected chi connectivity index (χ3v) is 3.67. The summed E-state index contributed by atoms with van der Waals surface area (Å²) in [4.78, 5) is 13.2. The normalized spacial score (nSPS) is 14.5. The van der Waals surface area contributed by atoms with Crippen LogP contribution in [-0.4, -0.2) is 44.4 Å². The lowest BCUT2D eigenvalue weighted by Crippen LogP contribution is -2.34.